The zero-order valence-electron chi connectivity index (χ0n) is 12.6. The molecule has 1 aliphatic carbocycles. The first-order chi connectivity index (χ1) is 9.44. The number of nitrogens with zero attached hydrogens (tertiary/aromatic N) is 1. The number of rotatable bonds is 7. The van der Waals surface area contributed by atoms with Gasteiger partial charge in [-0.2, -0.15) is 11.8 Å². The third-order valence-corrected chi connectivity index (χ3v) is 4.84. The summed E-state index contributed by atoms with van der Waals surface area (Å²) in [4.78, 5) is 25.1. The maximum atomic E-state index is 12.4. The third-order valence-electron chi connectivity index (χ3n) is 4.12. The van der Waals surface area contributed by atoms with Crippen LogP contribution in [0.1, 0.15) is 45.4 Å². The highest BCUT2D eigenvalue weighted by atomic mass is 32.2. The van der Waals surface area contributed by atoms with Gasteiger partial charge in [-0.15, -0.1) is 0 Å². The standard InChI is InChI=1S/C14H26N2O3S/c1-4-11(10-20-3)16(2)13(19)15-14(9-12(17)18)7-5-6-8-14/h11H,4-10H2,1-3H3,(H,15,19)(H,17,18). The van der Waals surface area contributed by atoms with Crippen molar-refractivity contribution in [3.05, 3.63) is 0 Å². The van der Waals surface area contributed by atoms with Crippen molar-refractivity contribution in [2.24, 2.45) is 0 Å². The Morgan fingerprint density at radius 2 is 2.00 bits per heavy atom. The molecule has 0 radical (unpaired) electrons. The van der Waals surface area contributed by atoms with E-state index in [1.54, 1.807) is 23.7 Å². The molecule has 2 N–H and O–H groups in total. The van der Waals surface area contributed by atoms with E-state index in [1.807, 2.05) is 6.26 Å². The van der Waals surface area contributed by atoms with Crippen LogP contribution in [0.2, 0.25) is 0 Å². The fourth-order valence-corrected chi connectivity index (χ4v) is 3.71. The van der Waals surface area contributed by atoms with E-state index < -0.39 is 11.5 Å². The Hall–Kier alpha value is -0.910. The van der Waals surface area contributed by atoms with Crippen LogP contribution in [0.25, 0.3) is 0 Å². The smallest absolute Gasteiger partial charge is 0.317 e. The van der Waals surface area contributed by atoms with E-state index in [-0.39, 0.29) is 18.5 Å². The summed E-state index contributed by atoms with van der Waals surface area (Å²) in [6.07, 6.45) is 6.44. The van der Waals surface area contributed by atoms with E-state index in [0.29, 0.717) is 0 Å². The number of carbonyl (C=O) groups excluding carboxylic acids is 1. The summed E-state index contributed by atoms with van der Waals surface area (Å²) in [5.74, 6) is 0.0535. The molecule has 0 heterocycles. The van der Waals surface area contributed by atoms with Gasteiger partial charge >= 0.3 is 12.0 Å². The molecule has 1 unspecified atom stereocenters. The van der Waals surface area contributed by atoms with Gasteiger partial charge in [0, 0.05) is 18.8 Å². The van der Waals surface area contributed by atoms with Gasteiger partial charge in [-0.1, -0.05) is 19.8 Å². The Morgan fingerprint density at radius 3 is 2.45 bits per heavy atom. The fourth-order valence-electron chi connectivity index (χ4n) is 2.86. The number of thioether (sulfide) groups is 1. The number of aliphatic carboxylic acids is 1. The molecule has 116 valence electrons. The van der Waals surface area contributed by atoms with Gasteiger partial charge in [0.25, 0.3) is 0 Å². The molecular formula is C14H26N2O3S. The van der Waals surface area contributed by atoms with Gasteiger partial charge in [-0.3, -0.25) is 4.79 Å². The lowest BCUT2D eigenvalue weighted by molar-refractivity contribution is -0.138. The van der Waals surface area contributed by atoms with Crippen LogP contribution in [-0.2, 0) is 4.79 Å². The summed E-state index contributed by atoms with van der Waals surface area (Å²) in [6, 6.07) is 0.0438. The minimum Gasteiger partial charge on any atom is -0.481 e. The van der Waals surface area contributed by atoms with Gasteiger partial charge < -0.3 is 15.3 Å². The Kier molecular flexibility index (Phi) is 6.65. The highest BCUT2D eigenvalue weighted by Gasteiger charge is 2.38. The van der Waals surface area contributed by atoms with Gasteiger partial charge in [-0.25, -0.2) is 4.79 Å². The van der Waals surface area contributed by atoms with Crippen molar-refractivity contribution >= 4 is 23.8 Å². The summed E-state index contributed by atoms with van der Waals surface area (Å²) in [6.45, 7) is 2.06. The third kappa shape index (κ3) is 4.58. The molecule has 20 heavy (non-hydrogen) atoms. The van der Waals surface area contributed by atoms with Crippen LogP contribution in [0.3, 0.4) is 0 Å². The van der Waals surface area contributed by atoms with Crippen LogP contribution in [0, 0.1) is 0 Å². The van der Waals surface area contributed by atoms with Gasteiger partial charge in [0.2, 0.25) is 0 Å². The number of hydrogen-bond donors (Lipinski definition) is 2. The van der Waals surface area contributed by atoms with Crippen molar-refractivity contribution in [3.63, 3.8) is 0 Å². The van der Waals surface area contributed by atoms with E-state index in [4.69, 9.17) is 5.11 Å². The molecule has 2 amide bonds. The molecule has 0 aromatic rings. The maximum absolute atomic E-state index is 12.4. The topological polar surface area (TPSA) is 69.6 Å². The lowest BCUT2D eigenvalue weighted by atomic mass is 9.93. The normalized spacial score (nSPS) is 18.6. The van der Waals surface area contributed by atoms with E-state index in [9.17, 15) is 9.59 Å². The lowest BCUT2D eigenvalue weighted by Crippen LogP contribution is -2.54. The van der Waals surface area contributed by atoms with E-state index in [0.717, 1.165) is 37.9 Å². The number of carboxylic acid groups (broad SMARTS) is 1. The summed E-state index contributed by atoms with van der Waals surface area (Å²) < 4.78 is 0. The minimum atomic E-state index is -0.842. The van der Waals surface area contributed by atoms with Gasteiger partial charge in [0.05, 0.1) is 12.0 Å². The fraction of sp³-hybridized carbons (Fsp3) is 0.857. The van der Waals surface area contributed by atoms with E-state index >= 15 is 0 Å². The molecule has 1 aliphatic rings. The Balaban J connectivity index is 2.68. The summed E-state index contributed by atoms with van der Waals surface area (Å²) >= 11 is 1.72. The number of nitrogens with one attached hydrogen (secondary N) is 1. The zero-order valence-corrected chi connectivity index (χ0v) is 13.5. The maximum Gasteiger partial charge on any atom is 0.317 e. The van der Waals surface area contributed by atoms with Crippen LogP contribution in [0.5, 0.6) is 0 Å². The van der Waals surface area contributed by atoms with Gasteiger partial charge in [0.1, 0.15) is 0 Å². The average molecular weight is 302 g/mol. The van der Waals surface area contributed by atoms with Crippen molar-refractivity contribution in [2.75, 3.05) is 19.1 Å². The first-order valence-corrected chi connectivity index (χ1v) is 8.59. The summed E-state index contributed by atoms with van der Waals surface area (Å²) in [5.41, 5.74) is -0.547. The van der Waals surface area contributed by atoms with Crippen LogP contribution in [0.4, 0.5) is 4.79 Å². The molecule has 1 saturated carbocycles. The van der Waals surface area contributed by atoms with E-state index in [1.165, 1.54) is 0 Å². The number of urea groups is 1. The number of hydrogen-bond acceptors (Lipinski definition) is 3. The SMILES string of the molecule is CCC(CSC)N(C)C(=O)NC1(CC(=O)O)CCCC1. The monoisotopic (exact) mass is 302 g/mol. The predicted molar refractivity (Wildman–Crippen MR) is 82.2 cm³/mol. The second-order valence-corrected chi connectivity index (χ2v) is 6.53. The highest BCUT2D eigenvalue weighted by Crippen LogP contribution is 2.32. The number of carbonyl (C=O) groups is 2. The molecule has 1 atom stereocenters. The molecule has 1 fully saturated rings. The van der Waals surface area contributed by atoms with Crippen LogP contribution < -0.4 is 5.32 Å². The van der Waals surface area contributed by atoms with Gasteiger partial charge in [-0.05, 0) is 25.5 Å². The van der Waals surface area contributed by atoms with Crippen molar-refractivity contribution in [2.45, 2.75) is 57.0 Å². The van der Waals surface area contributed by atoms with Crippen molar-refractivity contribution < 1.29 is 14.7 Å². The largest absolute Gasteiger partial charge is 0.481 e. The Morgan fingerprint density at radius 1 is 1.40 bits per heavy atom. The van der Waals surface area contributed by atoms with Crippen LogP contribution in [-0.4, -0.2) is 52.6 Å². The van der Waals surface area contributed by atoms with Crippen molar-refractivity contribution in [1.29, 1.82) is 0 Å². The van der Waals surface area contributed by atoms with E-state index in [2.05, 4.69) is 12.2 Å². The lowest BCUT2D eigenvalue weighted by Gasteiger charge is -2.34. The molecular weight excluding hydrogens is 276 g/mol. The van der Waals surface area contributed by atoms with Crippen molar-refractivity contribution in [1.82, 2.24) is 10.2 Å². The Bertz CT molecular complexity index is 343. The molecule has 0 aromatic carbocycles. The molecule has 5 nitrogen and oxygen atoms in total. The molecule has 0 bridgehead atoms. The van der Waals surface area contributed by atoms with Gasteiger partial charge in [0.15, 0.2) is 0 Å². The van der Waals surface area contributed by atoms with Crippen LogP contribution in [0.15, 0.2) is 0 Å². The predicted octanol–water partition coefficient (Wildman–Crippen LogP) is 2.56. The summed E-state index contributed by atoms with van der Waals surface area (Å²) in [5, 5.41) is 12.1. The quantitative estimate of drug-likeness (QED) is 0.758. The Labute approximate surface area is 125 Å². The summed E-state index contributed by atoms with van der Waals surface area (Å²) in [7, 11) is 1.79. The number of carboxylic acids is 1. The van der Waals surface area contributed by atoms with Crippen molar-refractivity contribution in [3.8, 4) is 0 Å². The average Bonchev–Trinajstić information content (AvgIpc) is 2.82. The van der Waals surface area contributed by atoms with Crippen LogP contribution >= 0.6 is 11.8 Å². The minimum absolute atomic E-state index is 0.0197. The molecule has 0 saturated heterocycles. The molecule has 6 heteroatoms. The molecule has 0 aromatic heterocycles. The highest BCUT2D eigenvalue weighted by molar-refractivity contribution is 7.98. The zero-order chi connectivity index (χ0) is 15.2. The molecule has 0 aliphatic heterocycles. The first-order valence-electron chi connectivity index (χ1n) is 7.20. The second-order valence-electron chi connectivity index (χ2n) is 5.62. The second kappa shape index (κ2) is 7.76. The number of amides is 2. The molecule has 0 spiro atoms. The molecule has 1 rings (SSSR count). The first kappa shape index (κ1) is 17.1.